The van der Waals surface area contributed by atoms with Crippen LogP contribution in [0.1, 0.15) is 47.0 Å². The van der Waals surface area contributed by atoms with Gasteiger partial charge in [-0.1, -0.05) is 48.5 Å². The lowest BCUT2D eigenvalue weighted by Gasteiger charge is -2.06. The third-order valence-electron chi connectivity index (χ3n) is 5.52. The third kappa shape index (κ3) is 6.67. The molecular weight excluding hydrogens is 476 g/mol. The normalized spacial score (nSPS) is 10.1. The van der Waals surface area contributed by atoms with Crippen molar-refractivity contribution in [2.75, 3.05) is 0 Å². The molecule has 4 rings (SSSR count). The van der Waals surface area contributed by atoms with E-state index in [2.05, 4.69) is 0 Å². The van der Waals surface area contributed by atoms with Crippen LogP contribution >= 0.6 is 0 Å². The predicted molar refractivity (Wildman–Crippen MR) is 136 cm³/mol. The van der Waals surface area contributed by atoms with Gasteiger partial charge in [0.25, 0.3) is 0 Å². The number of carboxylic acids is 4. The van der Waals surface area contributed by atoms with E-state index in [0.717, 1.165) is 22.3 Å². The lowest BCUT2D eigenvalue weighted by Crippen LogP contribution is -2.03. The highest BCUT2D eigenvalue weighted by molar-refractivity contribution is 5.93. The first-order chi connectivity index (χ1) is 17.6. The topological polar surface area (TPSA) is 149 Å². The van der Waals surface area contributed by atoms with Gasteiger partial charge < -0.3 is 20.4 Å². The average molecular weight is 498 g/mol. The second-order valence-corrected chi connectivity index (χ2v) is 7.98. The number of rotatable bonds is 6. The Morgan fingerprint density at radius 2 is 0.730 bits per heavy atom. The molecule has 0 radical (unpaired) electrons. The molecule has 0 spiro atoms. The van der Waals surface area contributed by atoms with Crippen molar-refractivity contribution in [3.8, 4) is 22.3 Å². The van der Waals surface area contributed by atoms with Crippen molar-refractivity contribution in [2.45, 2.75) is 6.92 Å². The molecule has 4 N–H and O–H groups in total. The highest BCUT2D eigenvalue weighted by Gasteiger charge is 2.10. The van der Waals surface area contributed by atoms with Crippen LogP contribution in [0.3, 0.4) is 0 Å². The Kier molecular flexibility index (Phi) is 8.17. The van der Waals surface area contributed by atoms with Crippen LogP contribution in [0.2, 0.25) is 0 Å². The summed E-state index contributed by atoms with van der Waals surface area (Å²) in [6.45, 7) is 1.57. The Bertz CT molecular complexity index is 1380. The van der Waals surface area contributed by atoms with Gasteiger partial charge in [0, 0.05) is 0 Å². The van der Waals surface area contributed by atoms with Gasteiger partial charge in [0.2, 0.25) is 0 Å². The number of carbonyl (C=O) groups is 4. The maximum absolute atomic E-state index is 10.9. The minimum absolute atomic E-state index is 0.0995. The minimum atomic E-state index is -1.06. The molecule has 8 heteroatoms. The van der Waals surface area contributed by atoms with E-state index in [1.807, 2.05) is 24.3 Å². The molecule has 0 unspecified atom stereocenters. The SMILES string of the molecule is Cc1cc(C(=O)O)ccc1C(=O)O.O=C(O)c1ccc(-c2ccc(-c3ccc(C(=O)O)cc3)cc2)cc1. The zero-order chi connectivity index (χ0) is 27.1. The number of hydrogen-bond donors (Lipinski definition) is 4. The van der Waals surface area contributed by atoms with E-state index >= 15 is 0 Å². The summed E-state index contributed by atoms with van der Waals surface area (Å²) in [6.07, 6.45) is 0. The van der Waals surface area contributed by atoms with Crippen molar-refractivity contribution in [1.29, 1.82) is 0 Å². The molecule has 0 saturated carbocycles. The van der Waals surface area contributed by atoms with Crippen molar-refractivity contribution in [2.24, 2.45) is 0 Å². The van der Waals surface area contributed by atoms with Crippen molar-refractivity contribution < 1.29 is 39.6 Å². The molecule has 0 heterocycles. The monoisotopic (exact) mass is 498 g/mol. The molecular formula is C29H22O8. The molecule has 37 heavy (non-hydrogen) atoms. The lowest BCUT2D eigenvalue weighted by molar-refractivity contribution is 0.0680. The molecule has 186 valence electrons. The molecule has 0 amide bonds. The molecule has 0 aliphatic carbocycles. The molecule has 0 saturated heterocycles. The van der Waals surface area contributed by atoms with Gasteiger partial charge in [-0.05, 0) is 77.2 Å². The summed E-state index contributed by atoms with van der Waals surface area (Å²) in [5, 5.41) is 35.1. The Labute approximate surface area is 211 Å². The van der Waals surface area contributed by atoms with Gasteiger partial charge in [-0.25, -0.2) is 19.2 Å². The first-order valence-electron chi connectivity index (χ1n) is 10.9. The second-order valence-electron chi connectivity index (χ2n) is 7.98. The summed E-state index contributed by atoms with van der Waals surface area (Å²) in [5.41, 5.74) is 5.04. The highest BCUT2D eigenvalue weighted by Crippen LogP contribution is 2.25. The van der Waals surface area contributed by atoms with Gasteiger partial charge in [-0.3, -0.25) is 0 Å². The predicted octanol–water partition coefficient (Wildman–Crippen LogP) is 5.81. The quantitative estimate of drug-likeness (QED) is 0.260. The molecule has 0 aromatic heterocycles. The molecule has 0 aliphatic rings. The third-order valence-corrected chi connectivity index (χ3v) is 5.52. The van der Waals surface area contributed by atoms with Crippen LogP contribution in [0.5, 0.6) is 0 Å². The van der Waals surface area contributed by atoms with Crippen molar-refractivity contribution in [1.82, 2.24) is 0 Å². The van der Waals surface area contributed by atoms with Crippen LogP contribution in [0, 0.1) is 6.92 Å². The highest BCUT2D eigenvalue weighted by atomic mass is 16.4. The van der Waals surface area contributed by atoms with E-state index in [0.29, 0.717) is 5.56 Å². The smallest absolute Gasteiger partial charge is 0.335 e. The summed E-state index contributed by atoms with van der Waals surface area (Å²) in [4.78, 5) is 42.8. The maximum atomic E-state index is 10.9. The Balaban J connectivity index is 0.000000248. The van der Waals surface area contributed by atoms with Crippen molar-refractivity contribution in [3.63, 3.8) is 0 Å². The van der Waals surface area contributed by atoms with Crippen molar-refractivity contribution in [3.05, 3.63) is 119 Å². The molecule has 0 bridgehead atoms. The summed E-state index contributed by atoms with van der Waals surface area (Å²) in [7, 11) is 0. The Morgan fingerprint density at radius 1 is 0.432 bits per heavy atom. The van der Waals surface area contributed by atoms with E-state index in [1.54, 1.807) is 55.5 Å². The fourth-order valence-corrected chi connectivity index (χ4v) is 3.50. The van der Waals surface area contributed by atoms with Gasteiger partial charge in [0.05, 0.1) is 22.3 Å². The fourth-order valence-electron chi connectivity index (χ4n) is 3.50. The standard InChI is InChI=1S/C20H14O4.C9H8O4/c21-19(22)17-9-5-15(6-10-17)13-1-2-14(4-3-13)16-7-11-18(12-8-16)20(23)24;1-5-4-6(8(10)11)2-3-7(5)9(12)13/h1-12H,(H,21,22)(H,23,24);2-4H,1H3,(H,10,11)(H,12,13). The lowest BCUT2D eigenvalue weighted by atomic mass is 9.99. The van der Waals surface area contributed by atoms with Gasteiger partial charge in [-0.15, -0.1) is 0 Å². The van der Waals surface area contributed by atoms with E-state index in [-0.39, 0.29) is 22.3 Å². The molecule has 4 aromatic carbocycles. The number of aryl methyl sites for hydroxylation is 1. The van der Waals surface area contributed by atoms with Gasteiger partial charge in [-0.2, -0.15) is 0 Å². The van der Waals surface area contributed by atoms with Gasteiger partial charge >= 0.3 is 23.9 Å². The Hall–Kier alpha value is -5.24. The van der Waals surface area contributed by atoms with Crippen LogP contribution in [0.4, 0.5) is 0 Å². The number of hydrogen-bond acceptors (Lipinski definition) is 4. The Morgan fingerprint density at radius 3 is 1.00 bits per heavy atom. The number of aromatic carboxylic acids is 4. The summed E-state index contributed by atoms with van der Waals surface area (Å²) < 4.78 is 0. The fraction of sp³-hybridized carbons (Fsp3) is 0.0345. The first kappa shape index (κ1) is 26.4. The first-order valence-corrected chi connectivity index (χ1v) is 10.9. The molecule has 0 atom stereocenters. The zero-order valence-electron chi connectivity index (χ0n) is 19.6. The van der Waals surface area contributed by atoms with E-state index < -0.39 is 23.9 Å². The van der Waals surface area contributed by atoms with Crippen LogP contribution in [0.25, 0.3) is 22.3 Å². The summed E-state index contributed by atoms with van der Waals surface area (Å²) in [6, 6.07) is 25.2. The largest absolute Gasteiger partial charge is 0.478 e. The zero-order valence-corrected chi connectivity index (χ0v) is 19.6. The van der Waals surface area contributed by atoms with Crippen LogP contribution in [0.15, 0.2) is 91.0 Å². The minimum Gasteiger partial charge on any atom is -0.478 e. The summed E-state index contributed by atoms with van der Waals surface area (Å²) >= 11 is 0. The van der Waals surface area contributed by atoms with Crippen LogP contribution < -0.4 is 0 Å². The van der Waals surface area contributed by atoms with E-state index in [4.69, 9.17) is 20.4 Å². The maximum Gasteiger partial charge on any atom is 0.335 e. The molecule has 0 fully saturated rings. The molecule has 0 aliphatic heterocycles. The molecule has 8 nitrogen and oxygen atoms in total. The average Bonchev–Trinajstić information content (AvgIpc) is 2.89. The number of benzene rings is 4. The van der Waals surface area contributed by atoms with Gasteiger partial charge in [0.1, 0.15) is 0 Å². The van der Waals surface area contributed by atoms with E-state index in [9.17, 15) is 19.2 Å². The second kappa shape index (κ2) is 11.5. The van der Waals surface area contributed by atoms with Crippen molar-refractivity contribution >= 4 is 23.9 Å². The number of carboxylic acid groups (broad SMARTS) is 4. The van der Waals surface area contributed by atoms with Crippen LogP contribution in [-0.2, 0) is 0 Å². The van der Waals surface area contributed by atoms with Gasteiger partial charge in [0.15, 0.2) is 0 Å². The van der Waals surface area contributed by atoms with Crippen LogP contribution in [-0.4, -0.2) is 44.3 Å². The summed E-state index contributed by atoms with van der Waals surface area (Å²) in [5.74, 6) is -3.99. The van der Waals surface area contributed by atoms with E-state index in [1.165, 1.54) is 18.2 Å². The molecule has 4 aromatic rings.